The number of anilines is 1. The van der Waals surface area contributed by atoms with Gasteiger partial charge in [0.25, 0.3) is 0 Å². The van der Waals surface area contributed by atoms with Crippen molar-refractivity contribution in [3.63, 3.8) is 0 Å². The fourth-order valence-electron chi connectivity index (χ4n) is 13.2. The third kappa shape index (κ3) is 7.53. The highest BCUT2D eigenvalue weighted by Gasteiger charge is 2.64. The minimum absolute atomic E-state index is 0.0219. The van der Waals surface area contributed by atoms with Gasteiger partial charge < -0.3 is 29.7 Å². The number of likely N-dealkylation sites (tertiary alicyclic amines) is 1. The van der Waals surface area contributed by atoms with E-state index in [1.54, 1.807) is 12.1 Å². The Morgan fingerprint density at radius 1 is 0.982 bits per heavy atom. The Bertz CT molecular complexity index is 1610. The maximum Gasteiger partial charge on any atom is 0.248 e. The van der Waals surface area contributed by atoms with E-state index < -0.39 is 0 Å². The summed E-state index contributed by atoms with van der Waals surface area (Å²) in [7, 11) is 0. The zero-order chi connectivity index (χ0) is 39.2. The molecule has 4 saturated carbocycles. The molecule has 4 aliphatic carbocycles. The number of aliphatic hydroxyl groups is 2. The van der Waals surface area contributed by atoms with Crippen molar-refractivity contribution in [1.29, 1.82) is 0 Å². The van der Waals surface area contributed by atoms with Crippen LogP contribution in [0.1, 0.15) is 111 Å². The molecule has 0 radical (unpaired) electrons. The first-order valence-corrected chi connectivity index (χ1v) is 21.5. The maximum absolute atomic E-state index is 13.3. The molecule has 2 saturated heterocycles. The van der Waals surface area contributed by atoms with E-state index >= 15 is 0 Å². The molecule has 1 aromatic rings. The third-order valence-electron chi connectivity index (χ3n) is 16.1. The van der Waals surface area contributed by atoms with Gasteiger partial charge in [0.15, 0.2) is 0 Å². The van der Waals surface area contributed by atoms with Crippen molar-refractivity contribution in [3.8, 4) is 0 Å². The second kappa shape index (κ2) is 16.0. The molecule has 3 unspecified atom stereocenters. The number of furan rings is 1. The van der Waals surface area contributed by atoms with Gasteiger partial charge in [0.1, 0.15) is 12.3 Å². The minimum atomic E-state index is -0.292. The molecule has 55 heavy (non-hydrogen) atoms. The topological polar surface area (TPSA) is 144 Å². The van der Waals surface area contributed by atoms with Crippen LogP contribution in [0.15, 0.2) is 29.2 Å². The van der Waals surface area contributed by atoms with Gasteiger partial charge in [-0.05, 0) is 122 Å². The van der Waals surface area contributed by atoms with Crippen molar-refractivity contribution >= 4 is 29.5 Å². The lowest BCUT2D eigenvalue weighted by molar-refractivity contribution is -0.203. The van der Waals surface area contributed by atoms with Gasteiger partial charge in [-0.15, -0.1) is 0 Å². The Kier molecular flexibility index (Phi) is 11.6. The van der Waals surface area contributed by atoms with Crippen LogP contribution >= 0.6 is 0 Å². The first-order chi connectivity index (χ1) is 26.3. The normalized spacial score (nSPS) is 37.9. The van der Waals surface area contributed by atoms with Crippen LogP contribution in [-0.2, 0) is 25.6 Å². The van der Waals surface area contributed by atoms with Crippen LogP contribution < -0.4 is 10.2 Å². The van der Waals surface area contributed by atoms with Crippen LogP contribution in [-0.4, -0.2) is 94.6 Å². The highest BCUT2D eigenvalue weighted by atomic mass is 16.4. The number of amides is 4. The lowest BCUT2D eigenvalue weighted by atomic mass is 9.41. The Balaban J connectivity index is 0.857. The number of hydrogen-bond donors (Lipinski definition) is 3. The molecule has 6 aliphatic rings. The molecule has 7 rings (SSSR count). The van der Waals surface area contributed by atoms with Crippen LogP contribution in [0.5, 0.6) is 0 Å². The summed E-state index contributed by atoms with van der Waals surface area (Å²) in [5.74, 6) is 3.65. The molecule has 2 aliphatic heterocycles. The van der Waals surface area contributed by atoms with Crippen LogP contribution in [0.4, 0.5) is 5.88 Å². The van der Waals surface area contributed by atoms with Gasteiger partial charge in [-0.1, -0.05) is 40.7 Å². The summed E-state index contributed by atoms with van der Waals surface area (Å²) < 4.78 is 5.92. The lowest BCUT2D eigenvalue weighted by Crippen LogP contribution is -2.62. The summed E-state index contributed by atoms with van der Waals surface area (Å²) >= 11 is 0. The van der Waals surface area contributed by atoms with E-state index in [0.717, 1.165) is 44.9 Å². The fourth-order valence-corrected chi connectivity index (χ4v) is 13.2. The number of aliphatic hydroxyl groups excluding tert-OH is 2. The van der Waals surface area contributed by atoms with E-state index in [0.29, 0.717) is 86.2 Å². The zero-order valence-corrected chi connectivity index (χ0v) is 33.7. The highest BCUT2D eigenvalue weighted by molar-refractivity contribution is 5.98. The van der Waals surface area contributed by atoms with Crippen molar-refractivity contribution in [2.24, 2.45) is 52.3 Å². The van der Waals surface area contributed by atoms with Crippen LogP contribution in [0.2, 0.25) is 0 Å². The smallest absolute Gasteiger partial charge is 0.248 e. The standard InChI is InChI=1S/C44H66N4O7/c1-6-31-35-24-29(49)16-19-44(35,5)34-17-20-43(4)32(11-12-33(43)41(34)42(31)54)27(3)8-13-36(50)45-28-18-21-46(25-28)38(52)14-9-30-10-15-40(55-30)48-23-22-47(26-39(48)53)37(51)7-2/h7,10,15,27-29,31-35,41-42,49,54H,2,6,8-9,11-14,16-26H2,1,3-5H3,(H,45,50)/t27-,28?,29-,31?,32-,33+,34+,35?,41+,42-,43-,44-/m1/s1. The number of hydrogen-bond acceptors (Lipinski definition) is 7. The van der Waals surface area contributed by atoms with E-state index in [1.807, 2.05) is 4.90 Å². The second-order valence-electron chi connectivity index (χ2n) is 18.8. The minimum Gasteiger partial charge on any atom is -0.445 e. The molecule has 304 valence electrons. The van der Waals surface area contributed by atoms with Crippen LogP contribution in [0, 0.1) is 52.3 Å². The number of carbonyl (C=O) groups excluding carboxylic acids is 4. The molecular weight excluding hydrogens is 697 g/mol. The molecule has 4 amide bonds. The number of fused-ring (bicyclic) bond motifs is 5. The van der Waals surface area contributed by atoms with Gasteiger partial charge in [-0.2, -0.15) is 0 Å². The van der Waals surface area contributed by atoms with Crippen molar-refractivity contribution < 1.29 is 33.8 Å². The van der Waals surface area contributed by atoms with Gasteiger partial charge in [-0.3, -0.25) is 24.1 Å². The molecule has 11 heteroatoms. The molecular formula is C44H66N4O7. The van der Waals surface area contributed by atoms with Crippen molar-refractivity contribution in [1.82, 2.24) is 15.1 Å². The van der Waals surface area contributed by atoms with Gasteiger partial charge >= 0.3 is 0 Å². The number of rotatable bonds is 11. The maximum atomic E-state index is 13.3. The Morgan fingerprint density at radius 2 is 1.75 bits per heavy atom. The molecule has 6 fully saturated rings. The summed E-state index contributed by atoms with van der Waals surface area (Å²) in [5.41, 5.74) is 0.379. The predicted molar refractivity (Wildman–Crippen MR) is 209 cm³/mol. The third-order valence-corrected chi connectivity index (χ3v) is 16.1. The number of carbonyl (C=O) groups is 4. The van der Waals surface area contributed by atoms with Gasteiger partial charge in [0.05, 0.1) is 12.2 Å². The average molecular weight is 763 g/mol. The van der Waals surface area contributed by atoms with Crippen LogP contribution in [0.3, 0.4) is 0 Å². The van der Waals surface area contributed by atoms with Gasteiger partial charge in [0, 0.05) is 57.5 Å². The average Bonchev–Trinajstić information content (AvgIpc) is 3.92. The largest absolute Gasteiger partial charge is 0.445 e. The van der Waals surface area contributed by atoms with E-state index in [1.165, 1.54) is 35.1 Å². The monoisotopic (exact) mass is 762 g/mol. The summed E-state index contributed by atoms with van der Waals surface area (Å²) in [6.45, 7) is 14.9. The molecule has 0 aromatic carbocycles. The summed E-state index contributed by atoms with van der Waals surface area (Å²) in [6, 6.07) is 3.48. The summed E-state index contributed by atoms with van der Waals surface area (Å²) in [4.78, 5) is 55.7. The highest BCUT2D eigenvalue weighted by Crippen LogP contribution is 2.69. The number of piperazine rings is 1. The molecule has 3 heterocycles. The molecule has 0 spiro atoms. The Hall–Kier alpha value is -3.18. The second-order valence-corrected chi connectivity index (χ2v) is 18.8. The van der Waals surface area contributed by atoms with E-state index in [9.17, 15) is 29.4 Å². The van der Waals surface area contributed by atoms with Gasteiger partial charge in [-0.25, -0.2) is 0 Å². The molecule has 11 nitrogen and oxygen atoms in total. The molecule has 3 N–H and O–H groups in total. The predicted octanol–water partition coefficient (Wildman–Crippen LogP) is 5.33. The van der Waals surface area contributed by atoms with E-state index in [-0.39, 0.29) is 71.6 Å². The first kappa shape index (κ1) is 40.0. The zero-order valence-electron chi connectivity index (χ0n) is 33.7. The van der Waals surface area contributed by atoms with E-state index in [4.69, 9.17) is 4.42 Å². The Labute approximate surface area is 327 Å². The SMILES string of the molecule is C=CC(=O)N1CCN(c2ccc(CCC(=O)N3CCC(NC(=O)CC[C@@H](C)[C@H]4CC[C@H]5[C@@H]6[C@H](O)C(CC)C7C[C@H](O)CC[C@]7(C)[C@H]6CC[C@]45C)C3)o2)C(=O)C1. The number of aryl methyl sites for hydroxylation is 1. The van der Waals surface area contributed by atoms with Crippen molar-refractivity contribution in [3.05, 3.63) is 30.5 Å². The van der Waals surface area contributed by atoms with Crippen LogP contribution in [0.25, 0.3) is 0 Å². The quantitative estimate of drug-likeness (QED) is 0.259. The Morgan fingerprint density at radius 3 is 2.49 bits per heavy atom. The number of nitrogens with one attached hydrogen (secondary N) is 1. The first-order valence-electron chi connectivity index (χ1n) is 21.5. The van der Waals surface area contributed by atoms with Crippen molar-refractivity contribution in [2.45, 2.75) is 129 Å². The van der Waals surface area contributed by atoms with Crippen molar-refractivity contribution in [2.75, 3.05) is 37.6 Å². The van der Waals surface area contributed by atoms with Gasteiger partial charge in [0.2, 0.25) is 29.5 Å². The number of nitrogens with zero attached hydrogens (tertiary/aromatic N) is 3. The molecule has 1 aromatic heterocycles. The lowest BCUT2D eigenvalue weighted by Gasteiger charge is -2.64. The molecule has 12 atom stereocenters. The molecule has 0 bridgehead atoms. The summed E-state index contributed by atoms with van der Waals surface area (Å²) in [5, 5.41) is 25.9. The summed E-state index contributed by atoms with van der Waals surface area (Å²) in [6.07, 6.45) is 11.9. The fraction of sp³-hybridized carbons (Fsp3) is 0.773. The van der Waals surface area contributed by atoms with E-state index in [2.05, 4.69) is 39.6 Å².